The normalized spacial score (nSPS) is 13.0. The number of hydrogen-bond donors (Lipinski definition) is 1. The van der Waals surface area contributed by atoms with Crippen LogP contribution in [-0.2, 0) is 12.5 Å². The van der Waals surface area contributed by atoms with Crippen LogP contribution in [0, 0.1) is 13.8 Å². The third kappa shape index (κ3) is 3.37. The Hall–Kier alpha value is -2.51. The summed E-state index contributed by atoms with van der Waals surface area (Å²) in [5, 5.41) is 10.7. The van der Waals surface area contributed by atoms with Crippen LogP contribution in [0.15, 0.2) is 9.32 Å². The molecule has 1 atom stereocenters. The third-order valence-electron chi connectivity index (χ3n) is 3.78. The van der Waals surface area contributed by atoms with Gasteiger partial charge in [0.2, 0.25) is 5.89 Å². The van der Waals surface area contributed by atoms with Crippen LogP contribution in [0.4, 0.5) is 0 Å². The zero-order valence-electron chi connectivity index (χ0n) is 15.1. The molecule has 24 heavy (non-hydrogen) atoms. The number of aromatic nitrogens is 4. The first kappa shape index (κ1) is 17.8. The van der Waals surface area contributed by atoms with Crippen LogP contribution in [0.5, 0.6) is 0 Å². The van der Waals surface area contributed by atoms with E-state index < -0.39 is 17.5 Å². The highest BCUT2D eigenvalue weighted by molar-refractivity contribution is 5.95. The standard InChI is InChI=1S/C16H23N5O3/c1-8-9(2)19-21(7)14(23)11(8)12(22)17-10(3)13-18-15(20-24-13)16(4,5)6/h10H,1-7H3,(H,17,22). The van der Waals surface area contributed by atoms with Crippen molar-refractivity contribution in [1.29, 1.82) is 0 Å². The van der Waals surface area contributed by atoms with Crippen molar-refractivity contribution in [3.05, 3.63) is 38.9 Å². The monoisotopic (exact) mass is 333 g/mol. The minimum atomic E-state index is -0.515. The van der Waals surface area contributed by atoms with Gasteiger partial charge < -0.3 is 9.84 Å². The molecule has 2 aromatic heterocycles. The molecular weight excluding hydrogens is 310 g/mol. The molecule has 0 spiro atoms. The molecule has 0 aliphatic carbocycles. The number of amides is 1. The highest BCUT2D eigenvalue weighted by atomic mass is 16.5. The predicted molar refractivity (Wildman–Crippen MR) is 87.8 cm³/mol. The van der Waals surface area contributed by atoms with Crippen molar-refractivity contribution in [2.45, 2.75) is 53.0 Å². The zero-order valence-corrected chi connectivity index (χ0v) is 15.1. The first-order chi connectivity index (χ1) is 11.0. The first-order valence-electron chi connectivity index (χ1n) is 7.71. The lowest BCUT2D eigenvalue weighted by molar-refractivity contribution is 0.0929. The van der Waals surface area contributed by atoms with Crippen LogP contribution in [-0.4, -0.2) is 25.8 Å². The fourth-order valence-electron chi connectivity index (χ4n) is 2.16. The molecule has 1 amide bonds. The van der Waals surface area contributed by atoms with E-state index in [0.717, 1.165) is 4.68 Å². The molecule has 2 rings (SSSR count). The van der Waals surface area contributed by atoms with Crippen LogP contribution in [0.2, 0.25) is 0 Å². The van der Waals surface area contributed by atoms with Gasteiger partial charge in [0.25, 0.3) is 11.5 Å². The molecule has 0 radical (unpaired) electrons. The SMILES string of the molecule is Cc1nn(C)c(=O)c(C(=O)NC(C)c2nc(C(C)(C)C)no2)c1C. The van der Waals surface area contributed by atoms with E-state index in [0.29, 0.717) is 23.0 Å². The Balaban J connectivity index is 2.27. The molecule has 0 saturated heterocycles. The van der Waals surface area contributed by atoms with Gasteiger partial charge in [-0.2, -0.15) is 10.1 Å². The minimum absolute atomic E-state index is 0.0763. The molecule has 0 aliphatic heterocycles. The second-order valence-electron chi connectivity index (χ2n) is 6.92. The van der Waals surface area contributed by atoms with Gasteiger partial charge in [0.05, 0.1) is 5.69 Å². The summed E-state index contributed by atoms with van der Waals surface area (Å²) in [6, 6.07) is -0.515. The first-order valence-corrected chi connectivity index (χ1v) is 7.71. The van der Waals surface area contributed by atoms with E-state index in [9.17, 15) is 9.59 Å². The number of carbonyl (C=O) groups is 1. The Morgan fingerprint density at radius 3 is 2.46 bits per heavy atom. The number of nitrogens with zero attached hydrogens (tertiary/aromatic N) is 4. The van der Waals surface area contributed by atoms with Crippen molar-refractivity contribution < 1.29 is 9.32 Å². The van der Waals surface area contributed by atoms with E-state index in [-0.39, 0.29) is 11.0 Å². The van der Waals surface area contributed by atoms with Crippen molar-refractivity contribution >= 4 is 5.91 Å². The molecule has 0 aliphatic rings. The van der Waals surface area contributed by atoms with Gasteiger partial charge in [-0.25, -0.2) is 4.68 Å². The summed E-state index contributed by atoms with van der Waals surface area (Å²) in [6.07, 6.45) is 0. The summed E-state index contributed by atoms with van der Waals surface area (Å²) in [5.74, 6) is 0.376. The Morgan fingerprint density at radius 2 is 1.92 bits per heavy atom. The van der Waals surface area contributed by atoms with E-state index in [1.807, 2.05) is 20.8 Å². The molecule has 130 valence electrons. The number of nitrogens with one attached hydrogen (secondary N) is 1. The fraction of sp³-hybridized carbons (Fsp3) is 0.562. The summed E-state index contributed by atoms with van der Waals surface area (Å²) < 4.78 is 6.39. The van der Waals surface area contributed by atoms with E-state index in [4.69, 9.17) is 4.52 Å². The molecular formula is C16H23N5O3. The van der Waals surface area contributed by atoms with Crippen LogP contribution < -0.4 is 10.9 Å². The maximum Gasteiger partial charge on any atom is 0.279 e. The molecule has 8 heteroatoms. The highest BCUT2D eigenvalue weighted by Crippen LogP contribution is 2.21. The van der Waals surface area contributed by atoms with Crippen LogP contribution in [0.1, 0.15) is 67.1 Å². The summed E-state index contributed by atoms with van der Waals surface area (Å²) in [5.41, 5.74) is 0.572. The van der Waals surface area contributed by atoms with Crippen LogP contribution in [0.25, 0.3) is 0 Å². The van der Waals surface area contributed by atoms with Gasteiger partial charge in [0.15, 0.2) is 5.82 Å². The zero-order chi connectivity index (χ0) is 18.2. The quantitative estimate of drug-likeness (QED) is 0.914. The van der Waals surface area contributed by atoms with Crippen molar-refractivity contribution in [2.24, 2.45) is 7.05 Å². The summed E-state index contributed by atoms with van der Waals surface area (Å²) in [6.45, 7) is 11.1. The smallest absolute Gasteiger partial charge is 0.279 e. The van der Waals surface area contributed by atoms with E-state index in [2.05, 4.69) is 20.6 Å². The van der Waals surface area contributed by atoms with Gasteiger partial charge in [-0.15, -0.1) is 0 Å². The Labute approximate surface area is 140 Å². The Kier molecular flexibility index (Phi) is 4.59. The topological polar surface area (TPSA) is 103 Å². The van der Waals surface area contributed by atoms with Crippen molar-refractivity contribution in [3.63, 3.8) is 0 Å². The summed E-state index contributed by atoms with van der Waals surface area (Å²) in [4.78, 5) is 29.1. The largest absolute Gasteiger partial charge is 0.340 e. The molecule has 8 nitrogen and oxygen atoms in total. The fourth-order valence-corrected chi connectivity index (χ4v) is 2.16. The number of rotatable bonds is 3. The Bertz CT molecular complexity index is 829. The average molecular weight is 333 g/mol. The van der Waals surface area contributed by atoms with Gasteiger partial charge in [-0.05, 0) is 26.3 Å². The minimum Gasteiger partial charge on any atom is -0.340 e. The van der Waals surface area contributed by atoms with Crippen LogP contribution >= 0.6 is 0 Å². The lowest BCUT2D eigenvalue weighted by atomic mass is 9.96. The highest BCUT2D eigenvalue weighted by Gasteiger charge is 2.25. The van der Waals surface area contributed by atoms with E-state index >= 15 is 0 Å². The second-order valence-corrected chi connectivity index (χ2v) is 6.92. The van der Waals surface area contributed by atoms with E-state index in [1.54, 1.807) is 20.8 Å². The molecule has 2 aromatic rings. The number of aryl methyl sites for hydroxylation is 2. The van der Waals surface area contributed by atoms with E-state index in [1.165, 1.54) is 7.05 Å². The average Bonchev–Trinajstić information content (AvgIpc) is 2.95. The van der Waals surface area contributed by atoms with Crippen LogP contribution in [0.3, 0.4) is 0 Å². The maximum atomic E-state index is 12.5. The van der Waals surface area contributed by atoms with Gasteiger partial charge in [0.1, 0.15) is 11.6 Å². The predicted octanol–water partition coefficient (Wildman–Crippen LogP) is 1.57. The summed E-state index contributed by atoms with van der Waals surface area (Å²) >= 11 is 0. The van der Waals surface area contributed by atoms with Crippen molar-refractivity contribution in [2.75, 3.05) is 0 Å². The molecule has 2 heterocycles. The lowest BCUT2D eigenvalue weighted by Crippen LogP contribution is -2.36. The molecule has 0 saturated carbocycles. The maximum absolute atomic E-state index is 12.5. The second kappa shape index (κ2) is 6.18. The van der Waals surface area contributed by atoms with Gasteiger partial charge in [0, 0.05) is 12.5 Å². The van der Waals surface area contributed by atoms with Gasteiger partial charge in [-0.1, -0.05) is 25.9 Å². The summed E-state index contributed by atoms with van der Waals surface area (Å²) in [7, 11) is 1.52. The molecule has 0 fully saturated rings. The lowest BCUT2D eigenvalue weighted by Gasteiger charge is -2.13. The molecule has 1 unspecified atom stereocenters. The number of carbonyl (C=O) groups excluding carboxylic acids is 1. The molecule has 1 N–H and O–H groups in total. The molecule has 0 aromatic carbocycles. The van der Waals surface area contributed by atoms with Crippen molar-refractivity contribution in [3.8, 4) is 0 Å². The van der Waals surface area contributed by atoms with Gasteiger partial charge in [-0.3, -0.25) is 9.59 Å². The van der Waals surface area contributed by atoms with Gasteiger partial charge >= 0.3 is 0 Å². The molecule has 0 bridgehead atoms. The third-order valence-corrected chi connectivity index (χ3v) is 3.78. The Morgan fingerprint density at radius 1 is 1.29 bits per heavy atom. The van der Waals surface area contributed by atoms with Crippen molar-refractivity contribution in [1.82, 2.24) is 25.2 Å². The number of hydrogen-bond acceptors (Lipinski definition) is 6.